The Hall–Kier alpha value is -2.25. The molecule has 0 aromatic carbocycles. The Bertz CT molecular complexity index is 1530. The second kappa shape index (κ2) is 38.3. The lowest BCUT2D eigenvalue weighted by atomic mass is 9.96. The maximum Gasteiger partial charge on any atom is 0.220 e. The van der Waals surface area contributed by atoms with E-state index in [-0.39, 0.29) is 18.9 Å². The van der Waals surface area contributed by atoms with Gasteiger partial charge in [0.2, 0.25) is 5.91 Å². The van der Waals surface area contributed by atoms with E-state index in [1.54, 1.807) is 6.08 Å². The van der Waals surface area contributed by atoms with Crippen molar-refractivity contribution in [1.29, 1.82) is 0 Å². The highest BCUT2D eigenvalue weighted by molar-refractivity contribution is 5.76. The third kappa shape index (κ3) is 23.5. The summed E-state index contributed by atoms with van der Waals surface area (Å²) in [5, 5.41) is 119. The van der Waals surface area contributed by atoms with Gasteiger partial charge in [0.25, 0.3) is 0 Å². The molecule has 0 aromatic heterocycles. The predicted molar refractivity (Wildman–Crippen MR) is 272 cm³/mol. The van der Waals surface area contributed by atoms with Gasteiger partial charge in [-0.25, -0.2) is 0 Å². The van der Waals surface area contributed by atoms with Gasteiger partial charge < -0.3 is 89.9 Å². The van der Waals surface area contributed by atoms with E-state index >= 15 is 0 Å². The van der Waals surface area contributed by atoms with E-state index in [2.05, 4.69) is 55.6 Å². The van der Waals surface area contributed by atoms with Crippen molar-refractivity contribution >= 4 is 5.91 Å². The van der Waals surface area contributed by atoms with Crippen LogP contribution in [-0.4, -0.2) is 193 Å². The lowest BCUT2D eigenvalue weighted by molar-refractivity contribution is -0.379. The van der Waals surface area contributed by atoms with Crippen LogP contribution < -0.4 is 5.32 Å². The number of hydrogen-bond donors (Lipinski definition) is 12. The van der Waals surface area contributed by atoms with Crippen LogP contribution in [0.3, 0.4) is 0 Å². The number of allylic oxidation sites excluding steroid dienone is 7. The summed E-state index contributed by atoms with van der Waals surface area (Å²) >= 11 is 0. The van der Waals surface area contributed by atoms with Crippen molar-refractivity contribution in [1.82, 2.24) is 5.32 Å². The van der Waals surface area contributed by atoms with Crippen molar-refractivity contribution in [2.75, 3.05) is 26.4 Å². The molecule has 17 unspecified atom stereocenters. The summed E-state index contributed by atoms with van der Waals surface area (Å²) in [5.74, 6) is -0.296. The molecular weight excluding hydrogens is 951 g/mol. The summed E-state index contributed by atoms with van der Waals surface area (Å²) in [7, 11) is 0. The molecule has 3 aliphatic rings. The topological polar surface area (TPSA) is 307 Å². The molecule has 3 rings (SSSR count). The molecule has 3 fully saturated rings. The van der Waals surface area contributed by atoms with Gasteiger partial charge in [0.05, 0.1) is 38.6 Å². The van der Waals surface area contributed by atoms with Crippen molar-refractivity contribution < 1.29 is 89.4 Å². The van der Waals surface area contributed by atoms with Crippen LogP contribution in [0.15, 0.2) is 48.6 Å². The number of unbranched alkanes of at least 4 members (excludes halogenated alkanes) is 16. The summed E-state index contributed by atoms with van der Waals surface area (Å²) in [6.45, 7) is 1.59. The molecular formula is C54H95NO18. The molecule has 73 heavy (non-hydrogen) atoms. The van der Waals surface area contributed by atoms with E-state index < -0.39 is 124 Å². The Morgan fingerprint density at radius 3 is 1.41 bits per heavy atom. The molecule has 19 nitrogen and oxygen atoms in total. The molecule has 0 bridgehead atoms. The summed E-state index contributed by atoms with van der Waals surface area (Å²) < 4.78 is 34.0. The highest BCUT2D eigenvalue weighted by Crippen LogP contribution is 2.33. The van der Waals surface area contributed by atoms with Gasteiger partial charge in [0.15, 0.2) is 18.9 Å². The highest BCUT2D eigenvalue weighted by atomic mass is 16.8. The normalized spacial score (nSPS) is 32.1. The van der Waals surface area contributed by atoms with E-state index in [1.165, 1.54) is 38.5 Å². The van der Waals surface area contributed by atoms with E-state index in [0.717, 1.165) is 89.9 Å². The summed E-state index contributed by atoms with van der Waals surface area (Å²) in [6.07, 6.45) is 12.8. The van der Waals surface area contributed by atoms with Gasteiger partial charge in [-0.2, -0.15) is 0 Å². The monoisotopic (exact) mass is 1050 g/mol. The first-order chi connectivity index (χ1) is 35.3. The van der Waals surface area contributed by atoms with Crippen LogP contribution >= 0.6 is 0 Å². The SMILES string of the molecule is CCCCCCC/C=C\C/C=C\C/C=C\CCCCCCCCC(=O)NC(COC1OC(CO)C(OC2OC(CO)C(OC3OC(CO)C(O)C(O)C3O)C(O)C2O)C(O)C1O)C(O)/C=C/CCCCCCC. The molecule has 0 saturated carbocycles. The third-order valence-electron chi connectivity index (χ3n) is 13.6. The summed E-state index contributed by atoms with van der Waals surface area (Å²) in [4.78, 5) is 13.2. The maximum atomic E-state index is 13.2. The van der Waals surface area contributed by atoms with Gasteiger partial charge in [0.1, 0.15) is 73.2 Å². The van der Waals surface area contributed by atoms with Crippen molar-refractivity contribution in [3.63, 3.8) is 0 Å². The second-order valence-electron chi connectivity index (χ2n) is 19.7. The number of carbonyl (C=O) groups is 1. The molecule has 3 aliphatic heterocycles. The Kier molecular flexibility index (Phi) is 34.1. The van der Waals surface area contributed by atoms with Crippen molar-refractivity contribution in [2.45, 2.75) is 259 Å². The average Bonchev–Trinajstić information content (AvgIpc) is 3.39. The third-order valence-corrected chi connectivity index (χ3v) is 13.6. The van der Waals surface area contributed by atoms with Crippen LogP contribution in [0, 0.1) is 0 Å². The van der Waals surface area contributed by atoms with E-state index in [0.29, 0.717) is 6.42 Å². The second-order valence-corrected chi connectivity index (χ2v) is 19.7. The fourth-order valence-corrected chi connectivity index (χ4v) is 9.02. The minimum atomic E-state index is -1.98. The quantitative estimate of drug-likeness (QED) is 0.0312. The predicted octanol–water partition coefficient (Wildman–Crippen LogP) is 3.14. The summed E-state index contributed by atoms with van der Waals surface area (Å²) in [5.41, 5.74) is 0. The van der Waals surface area contributed by atoms with Crippen LogP contribution in [0.1, 0.15) is 155 Å². The van der Waals surface area contributed by atoms with E-state index in [1.807, 2.05) is 6.08 Å². The highest BCUT2D eigenvalue weighted by Gasteiger charge is 2.53. The number of amides is 1. The van der Waals surface area contributed by atoms with Crippen molar-refractivity contribution in [3.8, 4) is 0 Å². The van der Waals surface area contributed by atoms with Gasteiger partial charge >= 0.3 is 0 Å². The number of nitrogens with one attached hydrogen (secondary N) is 1. The largest absolute Gasteiger partial charge is 0.394 e. The molecule has 0 radical (unpaired) electrons. The lowest BCUT2D eigenvalue weighted by Crippen LogP contribution is -2.66. The molecule has 12 N–H and O–H groups in total. The van der Waals surface area contributed by atoms with Crippen LogP contribution in [0.4, 0.5) is 0 Å². The zero-order chi connectivity index (χ0) is 53.4. The minimum Gasteiger partial charge on any atom is -0.394 e. The van der Waals surface area contributed by atoms with Crippen LogP contribution in [0.25, 0.3) is 0 Å². The molecule has 17 atom stereocenters. The van der Waals surface area contributed by atoms with Gasteiger partial charge in [-0.05, 0) is 57.8 Å². The number of ether oxygens (including phenoxy) is 6. The Morgan fingerprint density at radius 2 is 0.904 bits per heavy atom. The van der Waals surface area contributed by atoms with E-state index in [9.17, 15) is 61.0 Å². The van der Waals surface area contributed by atoms with Crippen LogP contribution in [0.5, 0.6) is 0 Å². The van der Waals surface area contributed by atoms with Crippen molar-refractivity contribution in [2.24, 2.45) is 0 Å². The lowest BCUT2D eigenvalue weighted by Gasteiger charge is -2.48. The number of aliphatic hydroxyl groups is 11. The Balaban J connectivity index is 1.48. The molecule has 0 aromatic rings. The molecule has 3 saturated heterocycles. The van der Waals surface area contributed by atoms with Gasteiger partial charge in [-0.3, -0.25) is 4.79 Å². The number of aliphatic hydroxyl groups excluding tert-OH is 11. The molecule has 0 spiro atoms. The van der Waals surface area contributed by atoms with Gasteiger partial charge in [-0.1, -0.05) is 140 Å². The molecule has 3 heterocycles. The van der Waals surface area contributed by atoms with Gasteiger partial charge in [0, 0.05) is 6.42 Å². The first-order valence-electron chi connectivity index (χ1n) is 27.4. The molecule has 1 amide bonds. The number of carbonyl (C=O) groups excluding carboxylic acids is 1. The zero-order valence-corrected chi connectivity index (χ0v) is 43.6. The standard InChI is InChI=1S/C54H95NO18/c1-3-5-7-9-11-12-13-14-15-16-17-18-19-20-21-22-23-24-26-28-30-32-42(60)55-37(38(59)31-29-27-25-10-8-6-4-2)36-68-52-48(66)45(63)50(40(34-57)70-52)73-54-49(67)46(64)51(41(35-58)71-54)72-53-47(65)44(62)43(61)39(33-56)69-53/h13-14,16-17,19-20,29,31,37-41,43-54,56-59,61-67H,3-12,15,18,21-28,30,32-36H2,1-2H3,(H,55,60)/b14-13-,17-16-,20-19-,31-29+. The first-order valence-corrected chi connectivity index (χ1v) is 27.4. The molecule has 0 aliphatic carbocycles. The van der Waals surface area contributed by atoms with Crippen LogP contribution in [0.2, 0.25) is 0 Å². The maximum absolute atomic E-state index is 13.2. The number of hydrogen-bond acceptors (Lipinski definition) is 18. The smallest absolute Gasteiger partial charge is 0.220 e. The first kappa shape index (κ1) is 65.0. The van der Waals surface area contributed by atoms with Gasteiger partial charge in [-0.15, -0.1) is 0 Å². The number of rotatable bonds is 38. The Labute approximate surface area is 433 Å². The van der Waals surface area contributed by atoms with Crippen molar-refractivity contribution in [3.05, 3.63) is 48.6 Å². The molecule has 424 valence electrons. The molecule has 19 heteroatoms. The van der Waals surface area contributed by atoms with Crippen LogP contribution in [-0.2, 0) is 33.2 Å². The fraction of sp³-hybridized carbons (Fsp3) is 0.833. The average molecular weight is 1050 g/mol. The van der Waals surface area contributed by atoms with E-state index in [4.69, 9.17) is 28.4 Å². The zero-order valence-electron chi connectivity index (χ0n) is 43.6. The summed E-state index contributed by atoms with van der Waals surface area (Å²) in [6, 6.07) is -0.977. The minimum absolute atomic E-state index is 0.226. The Morgan fingerprint density at radius 1 is 0.493 bits per heavy atom. The fourth-order valence-electron chi connectivity index (χ4n) is 9.02.